The minimum atomic E-state index is -4.41. The van der Waals surface area contributed by atoms with E-state index in [-0.39, 0.29) is 17.9 Å². The Labute approximate surface area is 158 Å². The van der Waals surface area contributed by atoms with Gasteiger partial charge in [-0.05, 0) is 36.3 Å². The van der Waals surface area contributed by atoms with Gasteiger partial charge in [0.25, 0.3) is 0 Å². The van der Waals surface area contributed by atoms with Crippen LogP contribution in [0.2, 0.25) is 0 Å². The molecule has 27 heavy (non-hydrogen) atoms. The van der Waals surface area contributed by atoms with Crippen LogP contribution >= 0.6 is 11.3 Å². The third-order valence-corrected chi connectivity index (χ3v) is 6.31. The zero-order valence-electron chi connectivity index (χ0n) is 14.6. The van der Waals surface area contributed by atoms with Gasteiger partial charge in [0.2, 0.25) is 5.91 Å². The number of rotatable bonds is 3. The second kappa shape index (κ2) is 7.27. The molecule has 1 N–H and O–H groups in total. The normalized spacial score (nSPS) is 21.3. The molecular weight excluding hydrogens is 379 g/mol. The van der Waals surface area contributed by atoms with E-state index in [9.17, 15) is 18.0 Å². The highest BCUT2D eigenvalue weighted by Crippen LogP contribution is 2.35. The highest BCUT2D eigenvalue weighted by Gasteiger charge is 2.35. The van der Waals surface area contributed by atoms with Gasteiger partial charge in [-0.2, -0.15) is 13.2 Å². The molecule has 9 heteroatoms. The number of nitrogens with zero attached hydrogens (tertiary/aromatic N) is 2. The van der Waals surface area contributed by atoms with E-state index >= 15 is 0 Å². The van der Waals surface area contributed by atoms with Gasteiger partial charge in [-0.15, -0.1) is 11.3 Å². The van der Waals surface area contributed by atoms with E-state index < -0.39 is 11.9 Å². The Balaban J connectivity index is 1.33. The summed E-state index contributed by atoms with van der Waals surface area (Å²) in [6.07, 6.45) is -1.35. The van der Waals surface area contributed by atoms with E-state index in [0.29, 0.717) is 44.8 Å². The van der Waals surface area contributed by atoms with Gasteiger partial charge in [-0.1, -0.05) is 0 Å². The Morgan fingerprint density at radius 1 is 1.37 bits per heavy atom. The first-order valence-electron chi connectivity index (χ1n) is 8.99. The van der Waals surface area contributed by atoms with Crippen LogP contribution in [0.4, 0.5) is 13.2 Å². The minimum Gasteiger partial charge on any atom is -0.372 e. The van der Waals surface area contributed by atoms with Crippen LogP contribution in [0.1, 0.15) is 53.2 Å². The van der Waals surface area contributed by atoms with Gasteiger partial charge >= 0.3 is 6.18 Å². The number of amides is 1. The summed E-state index contributed by atoms with van der Waals surface area (Å²) in [7, 11) is 0. The molecule has 0 unspecified atom stereocenters. The summed E-state index contributed by atoms with van der Waals surface area (Å²) >= 11 is 1.62. The van der Waals surface area contributed by atoms with Crippen LogP contribution in [0.25, 0.3) is 0 Å². The van der Waals surface area contributed by atoms with Crippen molar-refractivity contribution in [1.29, 1.82) is 0 Å². The van der Waals surface area contributed by atoms with Crippen LogP contribution < -0.4 is 0 Å². The lowest BCUT2D eigenvalue weighted by molar-refractivity contribution is -0.141. The number of aromatic nitrogens is 2. The number of piperidine rings is 1. The van der Waals surface area contributed by atoms with Gasteiger partial charge in [0.15, 0.2) is 0 Å². The number of carbonyl (C=O) groups is 1. The van der Waals surface area contributed by atoms with Crippen molar-refractivity contribution in [2.24, 2.45) is 0 Å². The van der Waals surface area contributed by atoms with Gasteiger partial charge in [0.1, 0.15) is 17.6 Å². The molecular formula is C18H20F3N3O2S. The van der Waals surface area contributed by atoms with E-state index in [1.54, 1.807) is 16.2 Å². The first-order chi connectivity index (χ1) is 12.9. The highest BCUT2D eigenvalue weighted by molar-refractivity contribution is 7.10. The molecule has 0 bridgehead atoms. The number of fused-ring (bicyclic) bond motifs is 1. The average molecular weight is 399 g/mol. The molecule has 0 aliphatic carbocycles. The van der Waals surface area contributed by atoms with Crippen molar-refractivity contribution in [3.8, 4) is 0 Å². The lowest BCUT2D eigenvalue weighted by Crippen LogP contribution is -2.39. The number of H-pyrrole nitrogens is 1. The largest absolute Gasteiger partial charge is 0.432 e. The van der Waals surface area contributed by atoms with E-state index in [1.807, 2.05) is 5.38 Å². The number of thiophene rings is 1. The standard InChI is InChI=1S/C18H20F3N3O2S/c19-18(20,21)14-10-22-17(23-14)12-1-5-24(6-2-12)15(25)9-13-16-11(3-7-26-13)4-8-27-16/h4,8,10,12-13H,1-3,5-7,9H2,(H,22,23)/t13-/m1/s1. The third kappa shape index (κ3) is 3.89. The maximum absolute atomic E-state index is 12.7. The number of alkyl halides is 3. The zero-order chi connectivity index (χ0) is 19.0. The van der Waals surface area contributed by atoms with Crippen molar-refractivity contribution in [1.82, 2.24) is 14.9 Å². The molecule has 146 valence electrons. The smallest absolute Gasteiger partial charge is 0.372 e. The van der Waals surface area contributed by atoms with Crippen molar-refractivity contribution in [3.63, 3.8) is 0 Å². The Bertz CT molecular complexity index is 809. The predicted molar refractivity (Wildman–Crippen MR) is 93.5 cm³/mol. The monoisotopic (exact) mass is 399 g/mol. The molecule has 4 heterocycles. The van der Waals surface area contributed by atoms with Crippen molar-refractivity contribution in [2.45, 2.75) is 43.9 Å². The second-order valence-electron chi connectivity index (χ2n) is 6.96. The van der Waals surface area contributed by atoms with Crippen molar-refractivity contribution < 1.29 is 22.7 Å². The topological polar surface area (TPSA) is 58.2 Å². The average Bonchev–Trinajstić information content (AvgIpc) is 3.31. The molecule has 0 saturated carbocycles. The van der Waals surface area contributed by atoms with E-state index in [1.165, 1.54) is 5.56 Å². The molecule has 0 radical (unpaired) electrons. The number of ether oxygens (including phenoxy) is 1. The number of hydrogen-bond acceptors (Lipinski definition) is 4. The van der Waals surface area contributed by atoms with E-state index in [2.05, 4.69) is 16.0 Å². The number of likely N-dealkylation sites (tertiary alicyclic amines) is 1. The highest BCUT2D eigenvalue weighted by atomic mass is 32.1. The van der Waals surface area contributed by atoms with Gasteiger partial charge in [-0.3, -0.25) is 4.79 Å². The summed E-state index contributed by atoms with van der Waals surface area (Å²) in [5.74, 6) is 0.309. The van der Waals surface area contributed by atoms with Crippen molar-refractivity contribution in [2.75, 3.05) is 19.7 Å². The molecule has 1 saturated heterocycles. The first-order valence-corrected chi connectivity index (χ1v) is 9.87. The Hall–Kier alpha value is -1.87. The quantitative estimate of drug-likeness (QED) is 0.852. The maximum Gasteiger partial charge on any atom is 0.432 e. The molecule has 1 fully saturated rings. The first kappa shape index (κ1) is 18.5. The Morgan fingerprint density at radius 2 is 2.15 bits per heavy atom. The SMILES string of the molecule is O=C(C[C@H]1OCCc2ccsc21)N1CCC(c2ncc(C(F)(F)F)[nH]2)CC1. The van der Waals surface area contributed by atoms with Crippen molar-refractivity contribution >= 4 is 17.2 Å². The Kier molecular flexibility index (Phi) is 4.98. The molecule has 5 nitrogen and oxygen atoms in total. The predicted octanol–water partition coefficient (Wildman–Crippen LogP) is 3.90. The number of carbonyl (C=O) groups excluding carboxylic acids is 1. The fourth-order valence-corrected chi connectivity index (χ4v) is 4.76. The third-order valence-electron chi connectivity index (χ3n) is 5.26. The number of halogens is 3. The van der Waals surface area contributed by atoms with E-state index in [0.717, 1.165) is 17.5 Å². The lowest BCUT2D eigenvalue weighted by atomic mass is 9.95. The van der Waals surface area contributed by atoms with Crippen LogP contribution in [0, 0.1) is 0 Å². The molecule has 2 aliphatic heterocycles. The van der Waals surface area contributed by atoms with Crippen LogP contribution in [0.5, 0.6) is 0 Å². The molecule has 0 aromatic carbocycles. The fourth-order valence-electron chi connectivity index (χ4n) is 3.75. The maximum atomic E-state index is 12.7. The Morgan fingerprint density at radius 3 is 2.85 bits per heavy atom. The summed E-state index contributed by atoms with van der Waals surface area (Å²) in [4.78, 5) is 21.9. The van der Waals surface area contributed by atoms with E-state index in [4.69, 9.17) is 4.74 Å². The van der Waals surface area contributed by atoms with Gasteiger partial charge in [-0.25, -0.2) is 4.98 Å². The van der Waals surface area contributed by atoms with Crippen LogP contribution in [-0.4, -0.2) is 40.5 Å². The summed E-state index contributed by atoms with van der Waals surface area (Å²) in [5.41, 5.74) is 0.443. The molecule has 1 amide bonds. The van der Waals surface area contributed by atoms with Gasteiger partial charge < -0.3 is 14.6 Å². The summed E-state index contributed by atoms with van der Waals surface area (Å²) < 4.78 is 43.9. The molecule has 2 aliphatic rings. The minimum absolute atomic E-state index is 0.0372. The number of aromatic amines is 1. The van der Waals surface area contributed by atoms with Crippen LogP contribution in [0.15, 0.2) is 17.6 Å². The lowest BCUT2D eigenvalue weighted by Gasteiger charge is -2.32. The fraction of sp³-hybridized carbons (Fsp3) is 0.556. The summed E-state index contributed by atoms with van der Waals surface area (Å²) in [5, 5.41) is 2.03. The zero-order valence-corrected chi connectivity index (χ0v) is 15.4. The summed E-state index contributed by atoms with van der Waals surface area (Å²) in [6.45, 7) is 1.68. The van der Waals surface area contributed by atoms with Gasteiger partial charge in [0.05, 0.1) is 19.2 Å². The molecule has 2 aromatic rings. The summed E-state index contributed by atoms with van der Waals surface area (Å²) in [6, 6.07) is 2.09. The molecule has 1 atom stereocenters. The number of imidazole rings is 1. The van der Waals surface area contributed by atoms with Crippen LogP contribution in [0.3, 0.4) is 0 Å². The molecule has 0 spiro atoms. The number of nitrogens with one attached hydrogen (secondary N) is 1. The van der Waals surface area contributed by atoms with Gasteiger partial charge in [0, 0.05) is 23.9 Å². The van der Waals surface area contributed by atoms with Crippen LogP contribution in [-0.2, 0) is 22.1 Å². The van der Waals surface area contributed by atoms with Crippen molar-refractivity contribution in [3.05, 3.63) is 39.6 Å². The molecule has 4 rings (SSSR count). The molecule has 2 aromatic heterocycles. The second-order valence-corrected chi connectivity index (χ2v) is 7.91. The number of hydrogen-bond donors (Lipinski definition) is 1.